The first-order valence-corrected chi connectivity index (χ1v) is 7.86. The molecule has 2 aromatic rings. The Balaban J connectivity index is 2.17. The first-order chi connectivity index (χ1) is 11.3. The number of aliphatic hydroxyl groups is 3. The maximum Gasteiger partial charge on any atom is 0.223 e. The monoisotopic (exact) mass is 375 g/mol. The van der Waals surface area contributed by atoms with Gasteiger partial charge in [-0.1, -0.05) is 23.2 Å². The molecule has 4 N–H and O–H groups in total. The summed E-state index contributed by atoms with van der Waals surface area (Å²) in [6, 6.07) is 3.04. The SMILES string of the molecule is CC(=O)Nc1nc2cc(Cl)c(Cl)cc2n1[C@H]1O[C@@H](CO)[C@H](O)[C@@H]1O. The lowest BCUT2D eigenvalue weighted by Crippen LogP contribution is -2.33. The van der Waals surface area contributed by atoms with Crippen molar-refractivity contribution >= 4 is 46.1 Å². The summed E-state index contributed by atoms with van der Waals surface area (Å²) in [5.74, 6) is -0.277. The molecule has 1 aliphatic rings. The molecule has 2 heterocycles. The summed E-state index contributed by atoms with van der Waals surface area (Å²) in [6.45, 7) is 0.838. The summed E-state index contributed by atoms with van der Waals surface area (Å²) in [4.78, 5) is 15.7. The van der Waals surface area contributed by atoms with Gasteiger partial charge in [0, 0.05) is 6.92 Å². The van der Waals surface area contributed by atoms with Crippen molar-refractivity contribution in [2.75, 3.05) is 11.9 Å². The minimum atomic E-state index is -1.33. The van der Waals surface area contributed by atoms with Crippen LogP contribution in [0.15, 0.2) is 12.1 Å². The van der Waals surface area contributed by atoms with Crippen LogP contribution in [0.5, 0.6) is 0 Å². The molecule has 3 rings (SSSR count). The highest BCUT2D eigenvalue weighted by atomic mass is 35.5. The molecule has 1 aliphatic heterocycles. The van der Waals surface area contributed by atoms with Crippen molar-refractivity contribution in [3.05, 3.63) is 22.2 Å². The summed E-state index contributed by atoms with van der Waals surface area (Å²) in [5.41, 5.74) is 0.869. The average molecular weight is 376 g/mol. The number of fused-ring (bicyclic) bond motifs is 1. The zero-order valence-corrected chi connectivity index (χ0v) is 14.0. The van der Waals surface area contributed by atoms with E-state index in [-0.39, 0.29) is 21.9 Å². The van der Waals surface area contributed by atoms with Gasteiger partial charge in [-0.2, -0.15) is 0 Å². The summed E-state index contributed by atoms with van der Waals surface area (Å²) in [5, 5.41) is 32.6. The van der Waals surface area contributed by atoms with E-state index >= 15 is 0 Å². The largest absolute Gasteiger partial charge is 0.394 e. The molecule has 1 amide bonds. The molecular formula is C14H15Cl2N3O5. The highest BCUT2D eigenvalue weighted by molar-refractivity contribution is 6.42. The Morgan fingerprint density at radius 3 is 2.58 bits per heavy atom. The van der Waals surface area contributed by atoms with Crippen LogP contribution in [-0.2, 0) is 9.53 Å². The van der Waals surface area contributed by atoms with E-state index in [1.807, 2.05) is 0 Å². The molecule has 8 nitrogen and oxygen atoms in total. The molecule has 130 valence electrons. The molecule has 0 radical (unpaired) electrons. The third-order valence-electron chi connectivity index (χ3n) is 3.79. The number of nitrogens with zero attached hydrogens (tertiary/aromatic N) is 2. The number of aromatic nitrogens is 2. The molecule has 0 unspecified atom stereocenters. The van der Waals surface area contributed by atoms with Crippen LogP contribution in [0.1, 0.15) is 13.2 Å². The maximum absolute atomic E-state index is 11.4. The second-order valence-corrected chi connectivity index (χ2v) is 6.28. The zero-order chi connectivity index (χ0) is 17.6. The Bertz CT molecular complexity index is 796. The van der Waals surface area contributed by atoms with Crippen molar-refractivity contribution in [3.63, 3.8) is 0 Å². The number of hydrogen-bond acceptors (Lipinski definition) is 6. The van der Waals surface area contributed by atoms with Crippen LogP contribution in [0.2, 0.25) is 10.0 Å². The van der Waals surface area contributed by atoms with Crippen LogP contribution < -0.4 is 5.32 Å². The number of benzene rings is 1. The van der Waals surface area contributed by atoms with Crippen molar-refractivity contribution < 1.29 is 24.9 Å². The lowest BCUT2D eigenvalue weighted by molar-refractivity contribution is -0.114. The van der Waals surface area contributed by atoms with Gasteiger partial charge in [0.25, 0.3) is 0 Å². The molecule has 1 aromatic carbocycles. The van der Waals surface area contributed by atoms with Crippen LogP contribution in [0.3, 0.4) is 0 Å². The van der Waals surface area contributed by atoms with E-state index in [1.54, 1.807) is 0 Å². The molecule has 24 heavy (non-hydrogen) atoms. The highest BCUT2D eigenvalue weighted by Gasteiger charge is 2.44. The zero-order valence-electron chi connectivity index (χ0n) is 12.5. The number of carbonyl (C=O) groups is 1. The van der Waals surface area contributed by atoms with E-state index in [1.165, 1.54) is 23.6 Å². The number of carbonyl (C=O) groups excluding carboxylic acids is 1. The molecule has 0 aliphatic carbocycles. The molecule has 1 fully saturated rings. The summed E-state index contributed by atoms with van der Waals surface area (Å²) in [6.07, 6.45) is -4.65. The van der Waals surface area contributed by atoms with Gasteiger partial charge in [0.1, 0.15) is 18.3 Å². The van der Waals surface area contributed by atoms with Gasteiger partial charge in [-0.05, 0) is 12.1 Å². The molecule has 1 aromatic heterocycles. The third-order valence-corrected chi connectivity index (χ3v) is 4.51. The average Bonchev–Trinajstić information content (AvgIpc) is 2.97. The van der Waals surface area contributed by atoms with E-state index in [0.717, 1.165) is 0 Å². The predicted octanol–water partition coefficient (Wildman–Crippen LogP) is 0.913. The maximum atomic E-state index is 11.4. The molecule has 0 saturated carbocycles. The van der Waals surface area contributed by atoms with Crippen LogP contribution >= 0.6 is 23.2 Å². The first-order valence-electron chi connectivity index (χ1n) is 7.10. The van der Waals surface area contributed by atoms with E-state index < -0.39 is 31.1 Å². The van der Waals surface area contributed by atoms with Crippen LogP contribution in [0.4, 0.5) is 5.95 Å². The summed E-state index contributed by atoms with van der Waals surface area (Å²) in [7, 11) is 0. The van der Waals surface area contributed by atoms with Gasteiger partial charge in [0.05, 0.1) is 27.7 Å². The number of ether oxygens (including phenoxy) is 1. The van der Waals surface area contributed by atoms with Gasteiger partial charge in [0.15, 0.2) is 6.23 Å². The van der Waals surface area contributed by atoms with E-state index in [9.17, 15) is 20.1 Å². The molecule has 1 saturated heterocycles. The number of imidazole rings is 1. The van der Waals surface area contributed by atoms with Gasteiger partial charge in [-0.3, -0.25) is 14.7 Å². The number of hydrogen-bond donors (Lipinski definition) is 4. The van der Waals surface area contributed by atoms with E-state index in [0.29, 0.717) is 11.0 Å². The molecule has 0 spiro atoms. The normalized spacial score (nSPS) is 26.9. The third kappa shape index (κ3) is 2.85. The fraction of sp³-hybridized carbons (Fsp3) is 0.429. The number of aliphatic hydroxyl groups excluding tert-OH is 3. The number of nitrogens with one attached hydrogen (secondary N) is 1. The lowest BCUT2D eigenvalue weighted by Gasteiger charge is -2.19. The second-order valence-electron chi connectivity index (χ2n) is 5.47. The van der Waals surface area contributed by atoms with Gasteiger partial charge in [-0.25, -0.2) is 4.98 Å². The van der Waals surface area contributed by atoms with Gasteiger partial charge in [0.2, 0.25) is 11.9 Å². The van der Waals surface area contributed by atoms with Crippen LogP contribution in [-0.4, -0.2) is 55.7 Å². The van der Waals surface area contributed by atoms with Gasteiger partial charge in [-0.15, -0.1) is 0 Å². The minimum absolute atomic E-state index is 0.102. The Labute approximate surface area is 146 Å². The fourth-order valence-corrected chi connectivity index (χ4v) is 3.00. The van der Waals surface area contributed by atoms with Crippen molar-refractivity contribution in [2.45, 2.75) is 31.5 Å². The Hall–Kier alpha value is -1.42. The lowest BCUT2D eigenvalue weighted by atomic mass is 10.1. The summed E-state index contributed by atoms with van der Waals surface area (Å²) < 4.78 is 6.93. The topological polar surface area (TPSA) is 117 Å². The number of amides is 1. The van der Waals surface area contributed by atoms with E-state index in [4.69, 9.17) is 27.9 Å². The van der Waals surface area contributed by atoms with Crippen molar-refractivity contribution in [2.24, 2.45) is 0 Å². The highest BCUT2D eigenvalue weighted by Crippen LogP contribution is 2.37. The molecule has 4 atom stereocenters. The van der Waals surface area contributed by atoms with Crippen LogP contribution in [0, 0.1) is 0 Å². The Morgan fingerprint density at radius 2 is 2.00 bits per heavy atom. The molecule has 0 bridgehead atoms. The number of rotatable bonds is 3. The Morgan fingerprint density at radius 1 is 1.33 bits per heavy atom. The molecular weight excluding hydrogens is 361 g/mol. The Kier molecular flexibility index (Phi) is 4.69. The molecule has 10 heteroatoms. The quantitative estimate of drug-likeness (QED) is 0.633. The predicted molar refractivity (Wildman–Crippen MR) is 87.1 cm³/mol. The van der Waals surface area contributed by atoms with Gasteiger partial charge < -0.3 is 20.1 Å². The second kappa shape index (κ2) is 6.47. The fourth-order valence-electron chi connectivity index (χ4n) is 2.69. The standard InChI is InChI=1S/C14H15Cl2N3O5/c1-5(21)17-14-18-8-2-6(15)7(16)3-9(8)19(14)13-12(23)11(22)10(4-20)24-13/h2-3,10-13,20,22-23H,4H2,1H3,(H,17,18,21)/t10-,11-,12-,13-/m0/s1. The van der Waals surface area contributed by atoms with Crippen molar-refractivity contribution in [1.82, 2.24) is 9.55 Å². The van der Waals surface area contributed by atoms with E-state index in [2.05, 4.69) is 10.3 Å². The van der Waals surface area contributed by atoms with Gasteiger partial charge >= 0.3 is 0 Å². The summed E-state index contributed by atoms with van der Waals surface area (Å²) >= 11 is 12.0. The van der Waals surface area contributed by atoms with Crippen molar-refractivity contribution in [3.8, 4) is 0 Å². The minimum Gasteiger partial charge on any atom is -0.394 e. The smallest absolute Gasteiger partial charge is 0.223 e. The number of halogens is 2. The van der Waals surface area contributed by atoms with Crippen LogP contribution in [0.25, 0.3) is 11.0 Å². The van der Waals surface area contributed by atoms with Crippen molar-refractivity contribution in [1.29, 1.82) is 0 Å². The first kappa shape index (κ1) is 17.4. The number of anilines is 1.